The number of fused-ring (bicyclic) bond motifs is 1. The fraction of sp³-hybridized carbons (Fsp3) is 0.750. The van der Waals surface area contributed by atoms with Crippen LogP contribution in [0.4, 0.5) is 0 Å². The molecule has 1 aliphatic carbocycles. The lowest BCUT2D eigenvalue weighted by Gasteiger charge is -2.22. The maximum Gasteiger partial charge on any atom is 0.0922 e. The highest BCUT2D eigenvalue weighted by molar-refractivity contribution is 7.12. The molecule has 0 radical (unpaired) electrons. The van der Waals surface area contributed by atoms with Crippen molar-refractivity contribution in [3.05, 3.63) is 21.4 Å². The third-order valence-electron chi connectivity index (χ3n) is 4.08. The summed E-state index contributed by atoms with van der Waals surface area (Å²) in [6, 6.07) is 2.25. The first kappa shape index (κ1) is 15.0. The molecule has 1 aromatic heterocycles. The molecule has 0 spiro atoms. The molecule has 3 heteroatoms. The minimum absolute atomic E-state index is 0.197. The molecule has 0 fully saturated rings. The Morgan fingerprint density at radius 2 is 2.00 bits per heavy atom. The maximum atomic E-state index is 10.6. The van der Waals surface area contributed by atoms with Crippen LogP contribution in [-0.2, 0) is 12.8 Å². The van der Waals surface area contributed by atoms with Crippen LogP contribution in [0.1, 0.15) is 61.0 Å². The van der Waals surface area contributed by atoms with Gasteiger partial charge >= 0.3 is 0 Å². The van der Waals surface area contributed by atoms with Crippen LogP contribution >= 0.6 is 11.3 Å². The van der Waals surface area contributed by atoms with Gasteiger partial charge in [0.2, 0.25) is 0 Å². The number of rotatable bonds is 5. The van der Waals surface area contributed by atoms with E-state index in [0.29, 0.717) is 12.5 Å². The second-order valence-corrected chi connectivity index (χ2v) is 7.40. The molecule has 0 bridgehead atoms. The van der Waals surface area contributed by atoms with Crippen LogP contribution in [0.25, 0.3) is 0 Å². The van der Waals surface area contributed by atoms with Crippen LogP contribution in [0, 0.1) is 11.8 Å². The van der Waals surface area contributed by atoms with Crippen molar-refractivity contribution in [3.63, 3.8) is 0 Å². The van der Waals surface area contributed by atoms with Gasteiger partial charge < -0.3 is 10.8 Å². The van der Waals surface area contributed by atoms with Crippen LogP contribution in [0.2, 0.25) is 0 Å². The first-order valence-electron chi connectivity index (χ1n) is 7.61. The molecule has 0 saturated heterocycles. The lowest BCUT2D eigenvalue weighted by molar-refractivity contribution is 0.103. The zero-order valence-corrected chi connectivity index (χ0v) is 13.0. The molecule has 0 aliphatic heterocycles. The second kappa shape index (κ2) is 6.87. The lowest BCUT2D eigenvalue weighted by Crippen LogP contribution is -2.23. The highest BCUT2D eigenvalue weighted by Gasteiger charge is 2.24. The van der Waals surface area contributed by atoms with E-state index in [1.54, 1.807) is 0 Å². The van der Waals surface area contributed by atoms with Crippen LogP contribution < -0.4 is 5.73 Å². The van der Waals surface area contributed by atoms with Gasteiger partial charge in [-0.05, 0) is 56.2 Å². The minimum Gasteiger partial charge on any atom is -0.387 e. The second-order valence-electron chi connectivity index (χ2n) is 6.23. The van der Waals surface area contributed by atoms with Crippen molar-refractivity contribution in [2.75, 3.05) is 6.54 Å². The smallest absolute Gasteiger partial charge is 0.0922 e. The van der Waals surface area contributed by atoms with E-state index in [-0.39, 0.29) is 12.0 Å². The zero-order valence-electron chi connectivity index (χ0n) is 12.2. The van der Waals surface area contributed by atoms with Crippen LogP contribution in [-0.4, -0.2) is 11.7 Å². The molecule has 0 saturated carbocycles. The van der Waals surface area contributed by atoms with Crippen LogP contribution in [0.5, 0.6) is 0 Å². The van der Waals surface area contributed by atoms with Gasteiger partial charge in [0, 0.05) is 15.7 Å². The molecule has 108 valence electrons. The molecule has 3 N–H and O–H groups in total. The van der Waals surface area contributed by atoms with E-state index in [1.165, 1.54) is 42.5 Å². The fourth-order valence-corrected chi connectivity index (χ4v) is 4.37. The van der Waals surface area contributed by atoms with Gasteiger partial charge in [-0.15, -0.1) is 11.3 Å². The highest BCUT2D eigenvalue weighted by atomic mass is 32.1. The van der Waals surface area contributed by atoms with Crippen molar-refractivity contribution in [3.8, 4) is 0 Å². The molecule has 0 aromatic carbocycles. The van der Waals surface area contributed by atoms with Crippen LogP contribution in [0.15, 0.2) is 6.07 Å². The van der Waals surface area contributed by atoms with E-state index in [0.717, 1.165) is 11.3 Å². The SMILES string of the molecule is CC(C)CC(CN)C(O)c1cc2c(s1)CCCCC2. The number of hydrogen-bond acceptors (Lipinski definition) is 3. The largest absolute Gasteiger partial charge is 0.387 e. The van der Waals surface area contributed by atoms with Crippen molar-refractivity contribution in [2.45, 2.75) is 58.5 Å². The molecule has 2 nitrogen and oxygen atoms in total. The van der Waals surface area contributed by atoms with Crippen LogP contribution in [0.3, 0.4) is 0 Å². The molecule has 0 amide bonds. The van der Waals surface area contributed by atoms with Gasteiger partial charge in [0.05, 0.1) is 6.10 Å². The average molecular weight is 281 g/mol. The van der Waals surface area contributed by atoms with Gasteiger partial charge in [-0.3, -0.25) is 0 Å². The predicted molar refractivity (Wildman–Crippen MR) is 82.5 cm³/mol. The summed E-state index contributed by atoms with van der Waals surface area (Å²) in [5.41, 5.74) is 7.33. The van der Waals surface area contributed by atoms with Crippen molar-refractivity contribution >= 4 is 11.3 Å². The normalized spacial score (nSPS) is 19.0. The summed E-state index contributed by atoms with van der Waals surface area (Å²) in [7, 11) is 0. The third kappa shape index (κ3) is 3.80. The average Bonchev–Trinajstić information content (AvgIpc) is 2.66. The summed E-state index contributed by atoms with van der Waals surface area (Å²) in [6.07, 6.45) is 6.96. The van der Waals surface area contributed by atoms with E-state index < -0.39 is 0 Å². The number of aliphatic hydroxyl groups excluding tert-OH is 1. The Balaban J connectivity index is 2.12. The Morgan fingerprint density at radius 3 is 2.68 bits per heavy atom. The molecular formula is C16H27NOS. The molecule has 19 heavy (non-hydrogen) atoms. The van der Waals surface area contributed by atoms with Crippen molar-refractivity contribution < 1.29 is 5.11 Å². The van der Waals surface area contributed by atoms with Gasteiger partial charge in [0.1, 0.15) is 0 Å². The molecular weight excluding hydrogens is 254 g/mol. The molecule has 1 heterocycles. The summed E-state index contributed by atoms with van der Waals surface area (Å²) in [5, 5.41) is 10.6. The van der Waals surface area contributed by atoms with Crippen molar-refractivity contribution in [2.24, 2.45) is 17.6 Å². The minimum atomic E-state index is -0.371. The Labute approximate surface area is 121 Å². The first-order chi connectivity index (χ1) is 9.11. The topological polar surface area (TPSA) is 46.2 Å². The summed E-state index contributed by atoms with van der Waals surface area (Å²) >= 11 is 1.82. The van der Waals surface area contributed by atoms with E-state index in [2.05, 4.69) is 19.9 Å². The van der Waals surface area contributed by atoms with E-state index >= 15 is 0 Å². The maximum absolute atomic E-state index is 10.6. The third-order valence-corrected chi connectivity index (χ3v) is 5.39. The molecule has 2 atom stereocenters. The summed E-state index contributed by atoms with van der Waals surface area (Å²) in [6.45, 7) is 4.96. The number of aliphatic hydroxyl groups is 1. The quantitative estimate of drug-likeness (QED) is 0.809. The Bertz CT molecular complexity index is 376. The fourth-order valence-electron chi connectivity index (χ4n) is 3.03. The number of aryl methyl sites for hydroxylation is 2. The monoisotopic (exact) mass is 281 g/mol. The van der Waals surface area contributed by atoms with Crippen molar-refractivity contribution in [1.82, 2.24) is 0 Å². The summed E-state index contributed by atoms with van der Waals surface area (Å²) < 4.78 is 0. The number of hydrogen-bond donors (Lipinski definition) is 2. The summed E-state index contributed by atoms with van der Waals surface area (Å²) in [5.74, 6) is 0.781. The molecule has 2 unspecified atom stereocenters. The van der Waals surface area contributed by atoms with E-state index in [1.807, 2.05) is 11.3 Å². The Morgan fingerprint density at radius 1 is 1.26 bits per heavy atom. The lowest BCUT2D eigenvalue weighted by atomic mass is 9.91. The number of nitrogens with two attached hydrogens (primary N) is 1. The molecule has 1 aliphatic rings. The molecule has 2 rings (SSSR count). The predicted octanol–water partition coefficient (Wildman–Crippen LogP) is 3.67. The van der Waals surface area contributed by atoms with E-state index in [9.17, 15) is 5.11 Å². The van der Waals surface area contributed by atoms with Gasteiger partial charge in [0.15, 0.2) is 0 Å². The van der Waals surface area contributed by atoms with Crippen molar-refractivity contribution in [1.29, 1.82) is 0 Å². The first-order valence-corrected chi connectivity index (χ1v) is 8.43. The summed E-state index contributed by atoms with van der Waals surface area (Å²) in [4.78, 5) is 2.65. The zero-order chi connectivity index (χ0) is 13.8. The highest BCUT2D eigenvalue weighted by Crippen LogP contribution is 2.36. The van der Waals surface area contributed by atoms with Gasteiger partial charge in [0.25, 0.3) is 0 Å². The Kier molecular flexibility index (Phi) is 5.43. The van der Waals surface area contributed by atoms with Gasteiger partial charge in [-0.25, -0.2) is 0 Å². The van der Waals surface area contributed by atoms with Gasteiger partial charge in [-0.1, -0.05) is 20.3 Å². The molecule has 1 aromatic rings. The Hall–Kier alpha value is -0.380. The van der Waals surface area contributed by atoms with Gasteiger partial charge in [-0.2, -0.15) is 0 Å². The van der Waals surface area contributed by atoms with E-state index in [4.69, 9.17) is 5.73 Å². The number of thiophene rings is 1. The standard InChI is InChI=1S/C16H27NOS/c1-11(2)8-13(10-17)16(18)15-9-12-6-4-3-5-7-14(12)19-15/h9,11,13,16,18H,3-8,10,17H2,1-2H3.